The Balaban J connectivity index is 1.20. The first-order chi connectivity index (χ1) is 25.1. The third-order valence-corrected chi connectivity index (χ3v) is 11.2. The van der Waals surface area contributed by atoms with Crippen molar-refractivity contribution in [3.05, 3.63) is 44.1 Å². The molecular weight excluding hydrogens is 692 g/mol. The SMILES string of the molecule is CCn1c(=O)nc2n(CCNC(=O)CCN3C(=O)NC(=O)[C@@]4(C)[C@@H]3[C@H]3N(CCC(=O)NCCO)C(=O)NC(=O)[C@]34C)c3cc(C)c(C)cc3nc-2c1=O. The normalized spacial score (nSPS) is 23.7. The molecule has 5 aliphatic rings. The van der Waals surface area contributed by atoms with Crippen molar-refractivity contribution in [1.29, 1.82) is 0 Å². The molecule has 2 saturated heterocycles. The van der Waals surface area contributed by atoms with Crippen LogP contribution in [0.15, 0.2) is 21.7 Å². The Labute approximate surface area is 302 Å². The fourth-order valence-electron chi connectivity index (χ4n) is 7.94. The lowest BCUT2D eigenvalue weighted by molar-refractivity contribution is -0.213. The van der Waals surface area contributed by atoms with Gasteiger partial charge in [0.15, 0.2) is 11.5 Å². The largest absolute Gasteiger partial charge is 0.395 e. The van der Waals surface area contributed by atoms with Gasteiger partial charge in [-0.3, -0.25) is 39.2 Å². The summed E-state index contributed by atoms with van der Waals surface area (Å²) in [5, 5.41) is 18.9. The molecule has 1 saturated carbocycles. The minimum Gasteiger partial charge on any atom is -0.395 e. The molecule has 4 aliphatic heterocycles. The lowest BCUT2D eigenvalue weighted by Crippen LogP contribution is -2.91. The molecule has 19 heteroatoms. The van der Waals surface area contributed by atoms with Crippen LogP contribution in [-0.2, 0) is 32.3 Å². The number of aryl methyl sites for hydroxylation is 2. The van der Waals surface area contributed by atoms with Crippen LogP contribution < -0.4 is 32.5 Å². The van der Waals surface area contributed by atoms with Crippen LogP contribution in [0.25, 0.3) is 22.6 Å². The van der Waals surface area contributed by atoms with Crippen molar-refractivity contribution in [1.82, 2.24) is 50.2 Å². The summed E-state index contributed by atoms with van der Waals surface area (Å²) >= 11 is 0. The smallest absolute Gasteiger partial charge is 0.352 e. The van der Waals surface area contributed by atoms with Crippen molar-refractivity contribution >= 4 is 46.7 Å². The molecule has 6 rings (SSSR count). The fourth-order valence-corrected chi connectivity index (χ4v) is 7.94. The molecule has 5 N–H and O–H groups in total. The monoisotopic (exact) mass is 734 g/mol. The predicted molar refractivity (Wildman–Crippen MR) is 186 cm³/mol. The van der Waals surface area contributed by atoms with Gasteiger partial charge >= 0.3 is 17.8 Å². The molecule has 8 amide bonds. The van der Waals surface area contributed by atoms with E-state index in [-0.39, 0.29) is 70.2 Å². The van der Waals surface area contributed by atoms with Crippen molar-refractivity contribution < 1.29 is 33.9 Å². The molecule has 4 heterocycles. The van der Waals surface area contributed by atoms with Crippen LogP contribution in [0.5, 0.6) is 0 Å². The van der Waals surface area contributed by atoms with Gasteiger partial charge in [-0.2, -0.15) is 4.98 Å². The van der Waals surface area contributed by atoms with E-state index in [1.54, 1.807) is 11.5 Å². The van der Waals surface area contributed by atoms with E-state index >= 15 is 0 Å². The second-order valence-electron chi connectivity index (χ2n) is 13.9. The van der Waals surface area contributed by atoms with E-state index in [0.717, 1.165) is 15.7 Å². The molecule has 282 valence electrons. The van der Waals surface area contributed by atoms with Crippen molar-refractivity contribution in [2.75, 3.05) is 32.8 Å². The van der Waals surface area contributed by atoms with E-state index in [2.05, 4.69) is 31.2 Å². The number of amides is 8. The summed E-state index contributed by atoms with van der Waals surface area (Å²) in [6.45, 7) is 8.26. The Hall–Kier alpha value is -5.72. The van der Waals surface area contributed by atoms with E-state index in [9.17, 15) is 38.4 Å². The number of aromatic nitrogens is 4. The highest BCUT2D eigenvalue weighted by Crippen LogP contribution is 2.63. The number of nitrogens with zero attached hydrogens (tertiary/aromatic N) is 6. The molecule has 0 radical (unpaired) electrons. The average Bonchev–Trinajstić information content (AvgIpc) is 3.10. The summed E-state index contributed by atoms with van der Waals surface area (Å²) in [6.07, 6.45) is -0.383. The van der Waals surface area contributed by atoms with E-state index in [1.165, 1.54) is 23.6 Å². The van der Waals surface area contributed by atoms with Gasteiger partial charge in [-0.25, -0.2) is 19.4 Å². The first-order valence-corrected chi connectivity index (χ1v) is 17.4. The van der Waals surface area contributed by atoms with Crippen molar-refractivity contribution in [3.8, 4) is 11.5 Å². The van der Waals surface area contributed by atoms with E-state index in [0.29, 0.717) is 11.0 Å². The lowest BCUT2D eigenvalue weighted by atomic mass is 9.42. The molecule has 53 heavy (non-hydrogen) atoms. The first-order valence-electron chi connectivity index (χ1n) is 17.4. The van der Waals surface area contributed by atoms with Gasteiger partial charge in [-0.05, 0) is 57.9 Å². The van der Waals surface area contributed by atoms with Gasteiger partial charge in [0.25, 0.3) is 5.56 Å². The summed E-state index contributed by atoms with van der Waals surface area (Å²) in [5.41, 5.74) is -1.20. The Morgan fingerprint density at radius 2 is 1.32 bits per heavy atom. The maximum absolute atomic E-state index is 13.4. The third-order valence-electron chi connectivity index (χ3n) is 11.2. The number of rotatable bonds is 12. The first kappa shape index (κ1) is 37.1. The summed E-state index contributed by atoms with van der Waals surface area (Å²) in [7, 11) is 0. The molecular formula is C34H42N10O9. The molecule has 0 spiro atoms. The Bertz CT molecular complexity index is 2160. The van der Waals surface area contributed by atoms with Crippen molar-refractivity contribution in [2.45, 2.75) is 72.6 Å². The molecule has 19 nitrogen and oxygen atoms in total. The zero-order chi connectivity index (χ0) is 38.6. The highest BCUT2D eigenvalue weighted by Gasteiger charge is 2.80. The summed E-state index contributed by atoms with van der Waals surface area (Å²) in [5.74, 6) is -2.22. The second-order valence-corrected chi connectivity index (χ2v) is 13.9. The molecule has 0 aromatic heterocycles. The summed E-state index contributed by atoms with van der Waals surface area (Å²) < 4.78 is 2.67. The van der Waals surface area contributed by atoms with Crippen LogP contribution in [-0.4, -0.2) is 115 Å². The third kappa shape index (κ3) is 5.78. The average molecular weight is 735 g/mol. The number of hydrogen-bond donors (Lipinski definition) is 5. The van der Waals surface area contributed by atoms with Gasteiger partial charge in [-0.15, -0.1) is 0 Å². The molecule has 1 aromatic carbocycles. The second kappa shape index (κ2) is 13.7. The number of imide groups is 2. The number of hydrogen-bond acceptors (Lipinski definition) is 11. The standard InChI is InChI=1S/C34H42N10O9/c1-6-41-27(48)23-26(38-30(41)51)42(20-16-18(3)17(2)15-19(20)37-23)13-9-35-21(46)7-11-43-24-25-34(5,33(24,4)28(49)39-31(43)52)29(50)40-32(53)44(25)12-8-22(47)36-10-14-45/h15-16,24-25,45H,6-14H2,1-5H3,(H,35,46)(H,36,47)(H,39,49,52)(H,40,50,53)/t24-,25+,33+,34-/m0/s1. The zero-order valence-corrected chi connectivity index (χ0v) is 30.1. The summed E-state index contributed by atoms with van der Waals surface area (Å²) in [4.78, 5) is 116. The number of urea groups is 2. The van der Waals surface area contributed by atoms with Gasteiger partial charge in [0, 0.05) is 52.1 Å². The van der Waals surface area contributed by atoms with Gasteiger partial charge in [0.05, 0.1) is 40.6 Å². The maximum Gasteiger partial charge on any atom is 0.352 e. The highest BCUT2D eigenvalue weighted by molar-refractivity contribution is 6.11. The van der Waals surface area contributed by atoms with E-state index < -0.39 is 69.9 Å². The van der Waals surface area contributed by atoms with E-state index in [4.69, 9.17) is 5.11 Å². The number of aliphatic hydroxyl groups excluding tert-OH is 1. The number of carbonyl (C=O) groups excluding carboxylic acids is 6. The highest BCUT2D eigenvalue weighted by atomic mass is 16.3. The van der Waals surface area contributed by atoms with Crippen LogP contribution in [0.3, 0.4) is 0 Å². The van der Waals surface area contributed by atoms with Gasteiger partial charge < -0.3 is 30.1 Å². The van der Waals surface area contributed by atoms with Crippen LogP contribution in [0.2, 0.25) is 0 Å². The quantitative estimate of drug-likeness (QED) is 0.135. The van der Waals surface area contributed by atoms with E-state index in [1.807, 2.05) is 26.0 Å². The van der Waals surface area contributed by atoms with Crippen molar-refractivity contribution in [2.24, 2.45) is 10.8 Å². The number of fused-ring (bicyclic) bond motifs is 6. The number of nitrogens with one attached hydrogen (secondary N) is 4. The molecule has 0 unspecified atom stereocenters. The van der Waals surface area contributed by atoms with Gasteiger partial charge in [0.2, 0.25) is 23.6 Å². The predicted octanol–water partition coefficient (Wildman–Crippen LogP) is -1.43. The van der Waals surface area contributed by atoms with Crippen molar-refractivity contribution in [3.63, 3.8) is 0 Å². The minimum absolute atomic E-state index is 0.0155. The molecule has 1 aliphatic carbocycles. The maximum atomic E-state index is 13.4. The molecule has 0 bridgehead atoms. The fraction of sp³-hybridized carbons (Fsp3) is 0.529. The van der Waals surface area contributed by atoms with Gasteiger partial charge in [-0.1, -0.05) is 0 Å². The van der Waals surface area contributed by atoms with Crippen LogP contribution in [0.1, 0.15) is 44.7 Å². The number of carbonyl (C=O) groups is 6. The lowest BCUT2D eigenvalue weighted by Gasteiger charge is -2.71. The molecule has 1 aromatic rings. The Morgan fingerprint density at radius 3 is 1.85 bits per heavy atom. The summed E-state index contributed by atoms with van der Waals surface area (Å²) in [6, 6.07) is 0.163. The number of benzene rings is 1. The Morgan fingerprint density at radius 1 is 0.792 bits per heavy atom. The van der Waals surface area contributed by atoms with Crippen LogP contribution >= 0.6 is 0 Å². The van der Waals surface area contributed by atoms with Crippen LogP contribution in [0, 0.1) is 24.7 Å². The zero-order valence-electron chi connectivity index (χ0n) is 30.1. The molecule has 4 atom stereocenters. The topological polar surface area (TPSA) is 247 Å². The molecule has 3 fully saturated rings. The van der Waals surface area contributed by atoms with Crippen LogP contribution in [0.4, 0.5) is 9.59 Å². The van der Waals surface area contributed by atoms with Gasteiger partial charge in [0.1, 0.15) is 0 Å². The Kier molecular flexibility index (Phi) is 9.56. The minimum atomic E-state index is -1.48. The number of aliphatic hydroxyl groups is 1.